The number of primary sulfonamides is 1. The molecule has 0 radical (unpaired) electrons. The van der Waals surface area contributed by atoms with E-state index in [0.717, 1.165) is 20.3 Å². The predicted octanol–water partition coefficient (Wildman–Crippen LogP) is 0.580. The average molecular weight is 440 g/mol. The van der Waals surface area contributed by atoms with E-state index in [9.17, 15) is 18.0 Å². The number of nitrogens with two attached hydrogens (primary N) is 1. The highest BCUT2D eigenvalue weighted by molar-refractivity contribution is 14.1. The van der Waals surface area contributed by atoms with Crippen LogP contribution in [0.15, 0.2) is 34.9 Å². The van der Waals surface area contributed by atoms with Gasteiger partial charge < -0.3 is 14.8 Å². The molecule has 1 aromatic rings. The zero-order valence-electron chi connectivity index (χ0n) is 11.6. The Morgan fingerprint density at radius 3 is 2.41 bits per heavy atom. The van der Waals surface area contributed by atoms with Crippen LogP contribution >= 0.6 is 22.6 Å². The van der Waals surface area contributed by atoms with E-state index in [1.54, 1.807) is 6.07 Å². The highest BCUT2D eigenvalue weighted by Gasteiger charge is 2.19. The van der Waals surface area contributed by atoms with Gasteiger partial charge in [-0.1, -0.05) is 0 Å². The first-order valence-electron chi connectivity index (χ1n) is 5.66. The lowest BCUT2D eigenvalue weighted by atomic mass is 10.3. The quantitative estimate of drug-likeness (QED) is 0.390. The Bertz CT molecular complexity index is 729. The molecule has 22 heavy (non-hydrogen) atoms. The minimum absolute atomic E-state index is 0.0310. The predicted molar refractivity (Wildman–Crippen MR) is 86.3 cm³/mol. The number of hydrogen-bond acceptors (Lipinski definition) is 7. The molecule has 0 aliphatic heterocycles. The molecular weight excluding hydrogens is 427 g/mol. The molecule has 3 N–H and O–H groups in total. The number of carbonyl (C=O) groups is 2. The second kappa shape index (κ2) is 7.56. The van der Waals surface area contributed by atoms with Crippen LogP contribution in [0.3, 0.4) is 0 Å². The molecule has 0 heterocycles. The SMILES string of the molecule is COC(=O)/C=C(/Nc1ccc(I)cc1S(N)(=O)=O)C(=O)OC. The fourth-order valence-electron chi connectivity index (χ4n) is 1.41. The van der Waals surface area contributed by atoms with Crippen LogP contribution in [0, 0.1) is 3.57 Å². The third-order valence-corrected chi connectivity index (χ3v) is 4.01. The normalized spacial score (nSPS) is 11.7. The van der Waals surface area contributed by atoms with Gasteiger partial charge in [0.25, 0.3) is 0 Å². The minimum Gasteiger partial charge on any atom is -0.466 e. The van der Waals surface area contributed by atoms with Gasteiger partial charge in [0.05, 0.1) is 26.0 Å². The molecule has 0 aliphatic rings. The molecule has 0 aliphatic carbocycles. The largest absolute Gasteiger partial charge is 0.466 e. The Balaban J connectivity index is 3.34. The van der Waals surface area contributed by atoms with Crippen molar-refractivity contribution in [2.75, 3.05) is 19.5 Å². The van der Waals surface area contributed by atoms with Gasteiger partial charge in [-0.15, -0.1) is 0 Å². The highest BCUT2D eigenvalue weighted by atomic mass is 127. The summed E-state index contributed by atoms with van der Waals surface area (Å²) >= 11 is 1.91. The van der Waals surface area contributed by atoms with E-state index in [2.05, 4.69) is 14.8 Å². The number of carbonyl (C=O) groups excluding carboxylic acids is 2. The molecule has 0 saturated heterocycles. The van der Waals surface area contributed by atoms with Crippen LogP contribution < -0.4 is 10.5 Å². The van der Waals surface area contributed by atoms with Crippen LogP contribution in [-0.2, 0) is 29.1 Å². The number of methoxy groups -OCH3 is 2. The Hall–Kier alpha value is -1.66. The molecule has 0 amide bonds. The monoisotopic (exact) mass is 440 g/mol. The molecule has 0 unspecified atom stereocenters. The Labute approximate surface area is 140 Å². The van der Waals surface area contributed by atoms with Gasteiger partial charge in [-0.25, -0.2) is 23.1 Å². The van der Waals surface area contributed by atoms with Gasteiger partial charge in [0, 0.05) is 3.57 Å². The van der Waals surface area contributed by atoms with Crippen LogP contribution in [0.5, 0.6) is 0 Å². The van der Waals surface area contributed by atoms with Crippen LogP contribution in [0.25, 0.3) is 0 Å². The molecule has 1 rings (SSSR count). The number of halogens is 1. The third kappa shape index (κ3) is 4.96. The molecule has 0 aromatic heterocycles. The minimum atomic E-state index is -4.03. The van der Waals surface area contributed by atoms with Gasteiger partial charge >= 0.3 is 11.9 Å². The first-order valence-corrected chi connectivity index (χ1v) is 8.29. The van der Waals surface area contributed by atoms with Crippen molar-refractivity contribution in [3.05, 3.63) is 33.5 Å². The van der Waals surface area contributed by atoms with E-state index in [1.807, 2.05) is 22.6 Å². The summed E-state index contributed by atoms with van der Waals surface area (Å²) < 4.78 is 32.8. The molecule has 0 atom stereocenters. The van der Waals surface area contributed by atoms with Gasteiger partial charge in [-0.05, 0) is 40.8 Å². The molecule has 0 saturated carbocycles. The van der Waals surface area contributed by atoms with E-state index in [0.29, 0.717) is 3.57 Å². The lowest BCUT2D eigenvalue weighted by molar-refractivity contribution is -0.138. The fourth-order valence-corrected chi connectivity index (χ4v) is 2.83. The van der Waals surface area contributed by atoms with Crippen molar-refractivity contribution in [1.82, 2.24) is 0 Å². The Kier molecular flexibility index (Phi) is 6.32. The van der Waals surface area contributed by atoms with Gasteiger partial charge in [0.15, 0.2) is 0 Å². The van der Waals surface area contributed by atoms with E-state index in [-0.39, 0.29) is 16.3 Å². The van der Waals surface area contributed by atoms with E-state index in [1.165, 1.54) is 12.1 Å². The zero-order chi connectivity index (χ0) is 16.9. The van der Waals surface area contributed by atoms with Crippen molar-refractivity contribution in [3.8, 4) is 0 Å². The summed E-state index contributed by atoms with van der Waals surface area (Å²) in [4.78, 5) is 22.7. The van der Waals surface area contributed by atoms with Crippen LogP contribution in [-0.4, -0.2) is 34.6 Å². The number of rotatable bonds is 5. The van der Waals surface area contributed by atoms with Crippen molar-refractivity contribution in [1.29, 1.82) is 0 Å². The van der Waals surface area contributed by atoms with E-state index in [4.69, 9.17) is 5.14 Å². The summed E-state index contributed by atoms with van der Waals surface area (Å²) in [5, 5.41) is 7.66. The van der Waals surface area contributed by atoms with Gasteiger partial charge in [0.1, 0.15) is 10.6 Å². The molecule has 120 valence electrons. The Morgan fingerprint density at radius 2 is 1.91 bits per heavy atom. The number of esters is 2. The standard InChI is InChI=1S/C12H13IN2O6S/c1-20-11(16)6-9(12(17)21-2)15-8-4-3-7(13)5-10(8)22(14,18)19/h3-6,15H,1-2H3,(H2,14,18,19)/b9-6+. The van der Waals surface area contributed by atoms with Gasteiger partial charge in [0.2, 0.25) is 10.0 Å². The summed E-state index contributed by atoms with van der Waals surface area (Å²) in [5.74, 6) is -1.68. The number of anilines is 1. The first-order chi connectivity index (χ1) is 10.2. The average Bonchev–Trinajstić information content (AvgIpc) is 2.46. The smallest absolute Gasteiger partial charge is 0.354 e. The maximum Gasteiger partial charge on any atom is 0.354 e. The topological polar surface area (TPSA) is 125 Å². The van der Waals surface area contributed by atoms with Gasteiger partial charge in [-0.3, -0.25) is 0 Å². The fraction of sp³-hybridized carbons (Fsp3) is 0.167. The Morgan fingerprint density at radius 1 is 1.27 bits per heavy atom. The highest BCUT2D eigenvalue weighted by Crippen LogP contribution is 2.24. The number of ether oxygens (including phenoxy) is 2. The van der Waals surface area contributed by atoms with E-state index < -0.39 is 22.0 Å². The summed E-state index contributed by atoms with van der Waals surface area (Å²) in [5.41, 5.74) is -0.260. The molecule has 1 aromatic carbocycles. The number of hydrogen-bond donors (Lipinski definition) is 2. The molecule has 0 spiro atoms. The molecule has 10 heteroatoms. The van der Waals surface area contributed by atoms with Crippen molar-refractivity contribution < 1.29 is 27.5 Å². The number of nitrogens with one attached hydrogen (secondary N) is 1. The summed E-state index contributed by atoms with van der Waals surface area (Å²) in [6.07, 6.45) is 0.844. The van der Waals surface area contributed by atoms with Crippen LogP contribution in [0.2, 0.25) is 0 Å². The maximum absolute atomic E-state index is 11.7. The van der Waals surface area contributed by atoms with E-state index >= 15 is 0 Å². The number of sulfonamides is 1. The second-order valence-corrected chi connectivity index (χ2v) is 6.66. The summed E-state index contributed by atoms with van der Waals surface area (Å²) in [6, 6.07) is 4.34. The summed E-state index contributed by atoms with van der Waals surface area (Å²) in [6.45, 7) is 0. The van der Waals surface area contributed by atoms with Crippen molar-refractivity contribution in [3.63, 3.8) is 0 Å². The second-order valence-electron chi connectivity index (χ2n) is 3.88. The maximum atomic E-state index is 11.7. The van der Waals surface area contributed by atoms with Crippen molar-refractivity contribution in [2.45, 2.75) is 4.90 Å². The van der Waals surface area contributed by atoms with Crippen molar-refractivity contribution >= 4 is 50.2 Å². The summed E-state index contributed by atoms with van der Waals surface area (Å²) in [7, 11) is -1.78. The molecule has 8 nitrogen and oxygen atoms in total. The zero-order valence-corrected chi connectivity index (χ0v) is 14.6. The first kappa shape index (κ1) is 18.4. The molecular formula is C12H13IN2O6S. The molecule has 0 bridgehead atoms. The van der Waals surface area contributed by atoms with Crippen LogP contribution in [0.1, 0.15) is 0 Å². The molecule has 0 fully saturated rings. The lowest BCUT2D eigenvalue weighted by Gasteiger charge is -2.12. The van der Waals surface area contributed by atoms with Gasteiger partial charge in [-0.2, -0.15) is 0 Å². The van der Waals surface area contributed by atoms with Crippen LogP contribution in [0.4, 0.5) is 5.69 Å². The lowest BCUT2D eigenvalue weighted by Crippen LogP contribution is -2.19. The third-order valence-electron chi connectivity index (χ3n) is 2.39. The number of benzene rings is 1. The van der Waals surface area contributed by atoms with Crippen molar-refractivity contribution in [2.24, 2.45) is 5.14 Å².